The van der Waals surface area contributed by atoms with E-state index >= 15 is 0 Å². The van der Waals surface area contributed by atoms with Gasteiger partial charge in [-0.15, -0.1) is 0 Å². The molecule has 2 aliphatic heterocycles. The van der Waals surface area contributed by atoms with Gasteiger partial charge in [-0.25, -0.2) is 0 Å². The SMILES string of the molecule is Cc1ccc2c(c1)C(C)(C)/C(=C/C=C/C1=[N+](C)c3ccc(S(=O)(=O)O)cc3C1(C)C)N2CC(=O)C(C)C. The molecule has 2 heterocycles. The zero-order chi connectivity index (χ0) is 27.5. The molecule has 0 aromatic heterocycles. The number of nitrogens with zero attached hydrogens (tertiary/aromatic N) is 2. The maximum absolute atomic E-state index is 12.8. The Morgan fingerprint density at radius 1 is 1.05 bits per heavy atom. The van der Waals surface area contributed by atoms with E-state index in [1.165, 1.54) is 17.2 Å². The highest BCUT2D eigenvalue weighted by molar-refractivity contribution is 7.85. The van der Waals surface area contributed by atoms with Crippen molar-refractivity contribution in [2.75, 3.05) is 18.5 Å². The number of carbonyl (C=O) groups excluding carboxylic acids is 1. The van der Waals surface area contributed by atoms with Gasteiger partial charge in [-0.2, -0.15) is 13.0 Å². The maximum atomic E-state index is 12.8. The second kappa shape index (κ2) is 9.07. The summed E-state index contributed by atoms with van der Waals surface area (Å²) >= 11 is 0. The summed E-state index contributed by atoms with van der Waals surface area (Å²) in [4.78, 5) is 14.8. The fourth-order valence-corrected chi connectivity index (χ4v) is 6.01. The molecule has 0 fully saturated rings. The van der Waals surface area contributed by atoms with Gasteiger partial charge in [-0.05, 0) is 50.6 Å². The van der Waals surface area contributed by atoms with Crippen LogP contribution in [0.3, 0.4) is 0 Å². The zero-order valence-electron chi connectivity index (χ0n) is 23.0. The van der Waals surface area contributed by atoms with Crippen LogP contribution >= 0.6 is 0 Å². The van der Waals surface area contributed by atoms with E-state index in [-0.39, 0.29) is 22.0 Å². The Kier molecular flexibility index (Phi) is 6.62. The van der Waals surface area contributed by atoms with Crippen molar-refractivity contribution in [2.45, 2.75) is 64.2 Å². The fourth-order valence-electron chi connectivity index (χ4n) is 5.50. The van der Waals surface area contributed by atoms with Gasteiger partial charge in [0.25, 0.3) is 10.1 Å². The van der Waals surface area contributed by atoms with Crippen molar-refractivity contribution < 1.29 is 22.3 Å². The molecule has 0 unspecified atom stereocenters. The summed E-state index contributed by atoms with van der Waals surface area (Å²) in [6.45, 7) is 14.7. The van der Waals surface area contributed by atoms with Crippen molar-refractivity contribution in [2.24, 2.45) is 5.92 Å². The molecule has 2 aromatic carbocycles. The van der Waals surface area contributed by atoms with E-state index in [4.69, 9.17) is 0 Å². The van der Waals surface area contributed by atoms with Crippen LogP contribution in [-0.4, -0.2) is 42.6 Å². The summed E-state index contributed by atoms with van der Waals surface area (Å²) in [6, 6.07) is 11.1. The van der Waals surface area contributed by atoms with Gasteiger partial charge in [0.2, 0.25) is 5.69 Å². The smallest absolute Gasteiger partial charge is 0.294 e. The molecule has 1 N–H and O–H groups in total. The Morgan fingerprint density at radius 2 is 1.73 bits per heavy atom. The van der Waals surface area contributed by atoms with E-state index in [1.807, 2.05) is 46.9 Å². The number of Topliss-reactive ketones (excluding diaryl/α,β-unsaturated/α-hetero) is 1. The lowest BCUT2D eigenvalue weighted by Crippen LogP contribution is -2.32. The predicted molar refractivity (Wildman–Crippen MR) is 149 cm³/mol. The van der Waals surface area contributed by atoms with Crippen molar-refractivity contribution in [1.29, 1.82) is 0 Å². The summed E-state index contributed by atoms with van der Waals surface area (Å²) in [5, 5.41) is 0. The zero-order valence-corrected chi connectivity index (χ0v) is 23.8. The first kappa shape index (κ1) is 27.0. The second-order valence-corrected chi connectivity index (χ2v) is 12.9. The molecule has 0 atom stereocenters. The molecule has 196 valence electrons. The maximum Gasteiger partial charge on any atom is 0.294 e. The third-order valence-electron chi connectivity index (χ3n) is 7.82. The van der Waals surface area contributed by atoms with Gasteiger partial charge in [0.05, 0.1) is 16.9 Å². The number of ketones is 1. The van der Waals surface area contributed by atoms with E-state index < -0.39 is 15.5 Å². The first-order chi connectivity index (χ1) is 17.1. The molecule has 37 heavy (non-hydrogen) atoms. The first-order valence-corrected chi connectivity index (χ1v) is 14.0. The monoisotopic (exact) mass is 521 g/mol. The highest BCUT2D eigenvalue weighted by Crippen LogP contribution is 2.48. The highest BCUT2D eigenvalue weighted by atomic mass is 32.2. The summed E-state index contributed by atoms with van der Waals surface area (Å²) in [7, 11) is -2.33. The Bertz CT molecular complexity index is 1490. The van der Waals surface area contributed by atoms with Gasteiger partial charge in [0.15, 0.2) is 11.5 Å². The van der Waals surface area contributed by atoms with E-state index in [0.717, 1.165) is 28.3 Å². The third kappa shape index (κ3) is 4.59. The average Bonchev–Trinajstić information content (AvgIpc) is 3.12. The molecule has 0 aliphatic carbocycles. The number of allylic oxidation sites excluding steroid dienone is 4. The molecule has 0 bridgehead atoms. The Morgan fingerprint density at radius 3 is 2.35 bits per heavy atom. The van der Waals surface area contributed by atoms with Crippen LogP contribution in [0.25, 0.3) is 0 Å². The minimum atomic E-state index is -4.29. The molecular formula is C30H37N2O4S+. The van der Waals surface area contributed by atoms with Crippen molar-refractivity contribution in [3.05, 3.63) is 77.0 Å². The number of hydrogen-bond donors (Lipinski definition) is 1. The molecule has 0 amide bonds. The normalized spacial score (nSPS) is 19.3. The summed E-state index contributed by atoms with van der Waals surface area (Å²) < 4.78 is 35.1. The lowest BCUT2D eigenvalue weighted by Gasteiger charge is -2.27. The van der Waals surface area contributed by atoms with E-state index in [2.05, 4.69) is 54.5 Å². The third-order valence-corrected chi connectivity index (χ3v) is 8.67. The van der Waals surface area contributed by atoms with Crippen LogP contribution in [-0.2, 0) is 25.7 Å². The minimum absolute atomic E-state index is 0.0518. The largest absolute Gasteiger partial charge is 0.337 e. The summed E-state index contributed by atoms with van der Waals surface area (Å²) in [5.74, 6) is 0.138. The lowest BCUT2D eigenvalue weighted by molar-refractivity contribution is -0.401. The second-order valence-electron chi connectivity index (χ2n) is 11.5. The minimum Gasteiger partial charge on any atom is -0.337 e. The molecule has 0 saturated heterocycles. The Labute approximate surface area is 220 Å². The number of hydrogen-bond acceptors (Lipinski definition) is 4. The summed E-state index contributed by atoms with van der Waals surface area (Å²) in [5.41, 5.74) is 6.51. The van der Waals surface area contributed by atoms with Crippen molar-refractivity contribution in [1.82, 2.24) is 0 Å². The lowest BCUT2D eigenvalue weighted by atomic mass is 9.81. The van der Waals surface area contributed by atoms with Crippen LogP contribution in [0.5, 0.6) is 0 Å². The fraction of sp³-hybridized carbons (Fsp3) is 0.400. The number of anilines is 1. The van der Waals surface area contributed by atoms with Crippen LogP contribution in [0.15, 0.2) is 65.2 Å². The van der Waals surface area contributed by atoms with Gasteiger partial charge in [-0.3, -0.25) is 9.35 Å². The van der Waals surface area contributed by atoms with Crippen molar-refractivity contribution in [3.8, 4) is 0 Å². The number of carbonyl (C=O) groups is 1. The molecule has 2 aromatic rings. The average molecular weight is 522 g/mol. The van der Waals surface area contributed by atoms with E-state index in [0.29, 0.717) is 6.54 Å². The topological polar surface area (TPSA) is 77.7 Å². The molecule has 7 heteroatoms. The number of rotatable bonds is 6. The number of fused-ring (bicyclic) bond motifs is 2. The molecular weight excluding hydrogens is 484 g/mol. The molecule has 4 rings (SSSR count). The van der Waals surface area contributed by atoms with Crippen molar-refractivity contribution >= 4 is 33.0 Å². The molecule has 0 radical (unpaired) electrons. The van der Waals surface area contributed by atoms with E-state index in [1.54, 1.807) is 12.1 Å². The van der Waals surface area contributed by atoms with Crippen LogP contribution in [0.4, 0.5) is 11.4 Å². The molecule has 0 spiro atoms. The first-order valence-electron chi connectivity index (χ1n) is 12.6. The van der Waals surface area contributed by atoms with Gasteiger partial charge >= 0.3 is 0 Å². The van der Waals surface area contributed by atoms with Gasteiger partial charge in [0, 0.05) is 40.4 Å². The standard InChI is InChI=1S/C30H36N2O4S/c1-19(2)26(33)18-32-25-14-12-20(3)16-22(25)30(6,7)28(32)11-9-10-27-29(4,5)23-17-21(37(34,35)36)13-15-24(23)31(27)8/h9-17,19H,18H2,1-8H3/p+1. The van der Waals surface area contributed by atoms with Crippen LogP contribution in [0, 0.1) is 12.8 Å². The summed E-state index contributed by atoms with van der Waals surface area (Å²) in [6.07, 6.45) is 6.16. The highest BCUT2D eigenvalue weighted by Gasteiger charge is 2.44. The number of aryl methyl sites for hydroxylation is 1. The van der Waals surface area contributed by atoms with E-state index in [9.17, 15) is 17.8 Å². The quantitative estimate of drug-likeness (QED) is 0.389. The van der Waals surface area contributed by atoms with Gasteiger partial charge in [-0.1, -0.05) is 51.5 Å². The van der Waals surface area contributed by atoms with Crippen LogP contribution < -0.4 is 4.90 Å². The molecule has 2 aliphatic rings. The molecule has 0 saturated carbocycles. The predicted octanol–water partition coefficient (Wildman–Crippen LogP) is 5.71. The van der Waals surface area contributed by atoms with Crippen molar-refractivity contribution in [3.63, 3.8) is 0 Å². The van der Waals surface area contributed by atoms with Gasteiger partial charge in [0.1, 0.15) is 7.05 Å². The number of benzene rings is 2. The Hall–Kier alpha value is -3.03. The Balaban J connectivity index is 1.75. The van der Waals surface area contributed by atoms with Gasteiger partial charge < -0.3 is 4.90 Å². The van der Waals surface area contributed by atoms with Crippen LogP contribution in [0.1, 0.15) is 58.2 Å². The van der Waals surface area contributed by atoms with Crippen LogP contribution in [0.2, 0.25) is 0 Å². The molecule has 6 nitrogen and oxygen atoms in total.